The van der Waals surface area contributed by atoms with Crippen molar-refractivity contribution in [2.24, 2.45) is 0 Å². The van der Waals surface area contributed by atoms with Crippen molar-refractivity contribution >= 4 is 17.6 Å². The van der Waals surface area contributed by atoms with Crippen LogP contribution >= 0.6 is 11.6 Å². The molecule has 2 atom stereocenters. The summed E-state index contributed by atoms with van der Waals surface area (Å²) < 4.78 is 5.52. The number of alkyl halides is 1. The van der Waals surface area contributed by atoms with Gasteiger partial charge in [0.05, 0.1) is 0 Å². The summed E-state index contributed by atoms with van der Waals surface area (Å²) in [5, 5.41) is 7.99. The molecule has 3 heterocycles. The lowest BCUT2D eigenvalue weighted by atomic mass is 10.0. The Labute approximate surface area is 93.6 Å². The van der Waals surface area contributed by atoms with E-state index in [9.17, 15) is 0 Å². The van der Waals surface area contributed by atoms with Gasteiger partial charge in [-0.1, -0.05) is 5.10 Å². The summed E-state index contributed by atoms with van der Waals surface area (Å²) in [6, 6.07) is 1.91. The number of nitrogens with zero attached hydrogens (tertiary/aromatic N) is 3. The molecular formula is C10H14ClN3O. The first-order chi connectivity index (χ1) is 7.38. The maximum absolute atomic E-state index is 5.65. The highest BCUT2D eigenvalue weighted by molar-refractivity contribution is 6.16. The number of anilines is 1. The first kappa shape index (κ1) is 9.46. The van der Waals surface area contributed by atoms with Crippen molar-refractivity contribution in [2.75, 3.05) is 4.90 Å². The van der Waals surface area contributed by atoms with Crippen molar-refractivity contribution < 1.29 is 4.42 Å². The second kappa shape index (κ2) is 3.67. The van der Waals surface area contributed by atoms with Gasteiger partial charge in [0, 0.05) is 12.1 Å². The monoisotopic (exact) mass is 227 g/mol. The van der Waals surface area contributed by atoms with Gasteiger partial charge >= 0.3 is 6.01 Å². The Balaban J connectivity index is 1.87. The highest BCUT2D eigenvalue weighted by Gasteiger charge is 2.39. The van der Waals surface area contributed by atoms with E-state index in [1.165, 1.54) is 32.1 Å². The van der Waals surface area contributed by atoms with Crippen LogP contribution < -0.4 is 4.90 Å². The molecule has 2 saturated heterocycles. The van der Waals surface area contributed by atoms with Crippen molar-refractivity contribution in [3.05, 3.63) is 5.89 Å². The topological polar surface area (TPSA) is 42.2 Å². The van der Waals surface area contributed by atoms with Gasteiger partial charge in [0.2, 0.25) is 5.89 Å². The summed E-state index contributed by atoms with van der Waals surface area (Å²) in [6.45, 7) is 0. The molecule has 0 radical (unpaired) electrons. The van der Waals surface area contributed by atoms with Crippen molar-refractivity contribution in [2.45, 2.75) is 50.1 Å². The zero-order valence-corrected chi connectivity index (χ0v) is 9.28. The molecule has 0 N–H and O–H groups in total. The van der Waals surface area contributed by atoms with Crippen LogP contribution in [0.5, 0.6) is 0 Å². The van der Waals surface area contributed by atoms with Crippen LogP contribution in [0.3, 0.4) is 0 Å². The Morgan fingerprint density at radius 1 is 1.20 bits per heavy atom. The third-order valence-corrected chi connectivity index (χ3v) is 3.71. The van der Waals surface area contributed by atoms with Crippen molar-refractivity contribution in [1.82, 2.24) is 10.2 Å². The number of hydrogen-bond donors (Lipinski definition) is 0. The van der Waals surface area contributed by atoms with E-state index >= 15 is 0 Å². The normalized spacial score (nSPS) is 29.8. The summed E-state index contributed by atoms with van der Waals surface area (Å²) in [5.41, 5.74) is 0. The molecule has 0 aliphatic carbocycles. The van der Waals surface area contributed by atoms with Crippen LogP contribution in [-0.2, 0) is 5.88 Å². The fourth-order valence-corrected chi connectivity index (χ4v) is 2.94. The van der Waals surface area contributed by atoms with E-state index in [2.05, 4.69) is 15.1 Å². The molecule has 82 valence electrons. The minimum Gasteiger partial charge on any atom is -0.407 e. The lowest BCUT2D eigenvalue weighted by Crippen LogP contribution is -2.39. The molecule has 0 spiro atoms. The van der Waals surface area contributed by atoms with Crippen LogP contribution in [0.15, 0.2) is 4.42 Å². The third-order valence-electron chi connectivity index (χ3n) is 3.49. The number of piperidine rings is 1. The quantitative estimate of drug-likeness (QED) is 0.728. The Kier molecular flexibility index (Phi) is 2.31. The molecule has 1 aromatic heterocycles. The maximum Gasteiger partial charge on any atom is 0.318 e. The molecule has 2 unspecified atom stereocenters. The molecule has 3 rings (SSSR count). The van der Waals surface area contributed by atoms with Gasteiger partial charge in [0.25, 0.3) is 0 Å². The molecule has 0 saturated carbocycles. The Bertz CT molecular complexity index is 338. The summed E-state index contributed by atoms with van der Waals surface area (Å²) >= 11 is 5.65. The maximum atomic E-state index is 5.65. The minimum absolute atomic E-state index is 0.302. The minimum atomic E-state index is 0.302. The van der Waals surface area contributed by atoms with Gasteiger partial charge in [0.1, 0.15) is 5.88 Å². The zero-order valence-electron chi connectivity index (χ0n) is 8.53. The van der Waals surface area contributed by atoms with Gasteiger partial charge in [-0.05, 0) is 32.1 Å². The summed E-state index contributed by atoms with van der Waals surface area (Å²) in [5.74, 6) is 0.826. The van der Waals surface area contributed by atoms with Crippen LogP contribution in [0.1, 0.15) is 38.0 Å². The van der Waals surface area contributed by atoms with Crippen LogP contribution in [0.4, 0.5) is 6.01 Å². The average molecular weight is 228 g/mol. The second-order valence-electron chi connectivity index (χ2n) is 4.34. The Hall–Kier alpha value is -0.770. The summed E-state index contributed by atoms with van der Waals surface area (Å²) in [4.78, 5) is 2.31. The van der Waals surface area contributed by atoms with Crippen molar-refractivity contribution in [1.29, 1.82) is 0 Å². The molecular weight excluding hydrogens is 214 g/mol. The fraction of sp³-hybridized carbons (Fsp3) is 0.800. The Morgan fingerprint density at radius 3 is 2.53 bits per heavy atom. The number of hydrogen-bond acceptors (Lipinski definition) is 4. The van der Waals surface area contributed by atoms with Crippen LogP contribution in [-0.4, -0.2) is 22.3 Å². The number of halogens is 1. The molecule has 2 aliphatic rings. The number of aromatic nitrogens is 2. The summed E-state index contributed by atoms with van der Waals surface area (Å²) in [6.07, 6.45) is 6.39. The molecule has 4 nitrogen and oxygen atoms in total. The van der Waals surface area contributed by atoms with Gasteiger partial charge in [-0.15, -0.1) is 16.7 Å². The highest BCUT2D eigenvalue weighted by atomic mass is 35.5. The lowest BCUT2D eigenvalue weighted by molar-refractivity contribution is 0.413. The first-order valence-electron chi connectivity index (χ1n) is 5.55. The van der Waals surface area contributed by atoms with Crippen molar-refractivity contribution in [3.8, 4) is 0 Å². The predicted octanol–water partition coefficient (Wildman–Crippen LogP) is 2.33. The van der Waals surface area contributed by atoms with E-state index in [4.69, 9.17) is 16.0 Å². The highest BCUT2D eigenvalue weighted by Crippen LogP contribution is 2.38. The Morgan fingerprint density at radius 2 is 1.93 bits per heavy atom. The van der Waals surface area contributed by atoms with Gasteiger partial charge in [-0.3, -0.25) is 0 Å². The average Bonchev–Trinajstić information content (AvgIpc) is 2.81. The molecule has 2 aliphatic heterocycles. The van der Waals surface area contributed by atoms with E-state index < -0.39 is 0 Å². The standard InChI is InChI=1S/C10H14ClN3O/c11-6-9-12-13-10(15-9)14-7-2-1-3-8(14)5-4-7/h7-8H,1-6H2. The van der Waals surface area contributed by atoms with E-state index in [0.717, 1.165) is 0 Å². The van der Waals surface area contributed by atoms with Crippen LogP contribution in [0, 0.1) is 0 Å². The molecule has 0 aromatic carbocycles. The van der Waals surface area contributed by atoms with E-state index in [1.807, 2.05) is 0 Å². The predicted molar refractivity (Wildman–Crippen MR) is 57.0 cm³/mol. The smallest absolute Gasteiger partial charge is 0.318 e. The van der Waals surface area contributed by atoms with Gasteiger partial charge < -0.3 is 9.32 Å². The summed E-state index contributed by atoms with van der Waals surface area (Å²) in [7, 11) is 0. The fourth-order valence-electron chi connectivity index (χ4n) is 2.83. The van der Waals surface area contributed by atoms with Gasteiger partial charge in [-0.2, -0.15) is 0 Å². The van der Waals surface area contributed by atoms with E-state index in [-0.39, 0.29) is 0 Å². The third kappa shape index (κ3) is 1.51. The van der Waals surface area contributed by atoms with Gasteiger partial charge in [0.15, 0.2) is 0 Å². The molecule has 2 bridgehead atoms. The van der Waals surface area contributed by atoms with E-state index in [1.54, 1.807) is 0 Å². The number of fused-ring (bicyclic) bond motifs is 2. The zero-order chi connectivity index (χ0) is 10.3. The van der Waals surface area contributed by atoms with Crippen LogP contribution in [0.2, 0.25) is 0 Å². The molecule has 5 heteroatoms. The van der Waals surface area contributed by atoms with E-state index in [0.29, 0.717) is 29.9 Å². The lowest BCUT2D eigenvalue weighted by Gasteiger charge is -2.32. The van der Waals surface area contributed by atoms with Crippen LogP contribution in [0.25, 0.3) is 0 Å². The number of rotatable bonds is 2. The molecule has 0 amide bonds. The van der Waals surface area contributed by atoms with Gasteiger partial charge in [-0.25, -0.2) is 0 Å². The SMILES string of the molecule is ClCc1nnc(N2C3CCCC2CC3)o1. The first-order valence-corrected chi connectivity index (χ1v) is 6.08. The largest absolute Gasteiger partial charge is 0.407 e. The molecule has 15 heavy (non-hydrogen) atoms. The van der Waals surface area contributed by atoms with Crippen molar-refractivity contribution in [3.63, 3.8) is 0 Å². The second-order valence-corrected chi connectivity index (χ2v) is 4.60. The molecule has 1 aromatic rings. The molecule has 2 fully saturated rings.